The molecular formula is C16H22N2O2. The molecule has 0 saturated carbocycles. The zero-order valence-corrected chi connectivity index (χ0v) is 12.8. The third kappa shape index (κ3) is 6.79. The second-order valence-corrected chi connectivity index (χ2v) is 5.62. The van der Waals surface area contributed by atoms with Gasteiger partial charge in [-0.25, -0.2) is 4.79 Å². The van der Waals surface area contributed by atoms with E-state index in [4.69, 9.17) is 4.74 Å². The molecule has 20 heavy (non-hydrogen) atoms. The summed E-state index contributed by atoms with van der Waals surface area (Å²) in [5.41, 5.74) is 2.40. The molecule has 1 rings (SSSR count). The van der Waals surface area contributed by atoms with Gasteiger partial charge in [0.15, 0.2) is 0 Å². The van der Waals surface area contributed by atoms with Crippen LogP contribution in [0.25, 0.3) is 0 Å². The van der Waals surface area contributed by atoms with Crippen molar-refractivity contribution in [3.05, 3.63) is 29.1 Å². The molecule has 0 spiro atoms. The maximum absolute atomic E-state index is 11.4. The first-order valence-corrected chi connectivity index (χ1v) is 6.67. The van der Waals surface area contributed by atoms with Gasteiger partial charge in [0.25, 0.3) is 0 Å². The topological polar surface area (TPSA) is 51.2 Å². The SMILES string of the molecule is Cc1cc(C#CCCNC(=O)OC(C)(C)C)cc(C)n1. The molecule has 0 atom stereocenters. The van der Waals surface area contributed by atoms with Gasteiger partial charge < -0.3 is 10.1 Å². The van der Waals surface area contributed by atoms with Crippen LogP contribution in [0, 0.1) is 25.7 Å². The molecular weight excluding hydrogens is 252 g/mol. The van der Waals surface area contributed by atoms with E-state index in [-0.39, 0.29) is 0 Å². The Bertz CT molecular complexity index is 513. The summed E-state index contributed by atoms with van der Waals surface area (Å²) in [6, 6.07) is 3.89. The minimum Gasteiger partial charge on any atom is -0.444 e. The zero-order chi connectivity index (χ0) is 15.2. The lowest BCUT2D eigenvalue weighted by molar-refractivity contribution is 0.0529. The number of amides is 1. The van der Waals surface area contributed by atoms with Crippen LogP contribution in [0.15, 0.2) is 12.1 Å². The first kappa shape index (κ1) is 16.0. The first-order valence-electron chi connectivity index (χ1n) is 6.67. The lowest BCUT2D eigenvalue weighted by atomic mass is 10.2. The fourth-order valence-corrected chi connectivity index (χ4v) is 1.61. The van der Waals surface area contributed by atoms with Crippen molar-refractivity contribution in [2.75, 3.05) is 6.54 Å². The number of alkyl carbamates (subject to hydrolysis) is 1. The lowest BCUT2D eigenvalue weighted by Gasteiger charge is -2.19. The van der Waals surface area contributed by atoms with Gasteiger partial charge in [-0.15, -0.1) is 0 Å². The molecule has 1 aromatic heterocycles. The molecule has 1 N–H and O–H groups in total. The van der Waals surface area contributed by atoms with Crippen LogP contribution in [0.2, 0.25) is 0 Å². The van der Waals surface area contributed by atoms with E-state index >= 15 is 0 Å². The Morgan fingerprint density at radius 2 is 1.90 bits per heavy atom. The monoisotopic (exact) mass is 274 g/mol. The molecule has 0 aromatic carbocycles. The molecule has 0 saturated heterocycles. The van der Waals surface area contributed by atoms with Crippen molar-refractivity contribution in [3.63, 3.8) is 0 Å². The van der Waals surface area contributed by atoms with Gasteiger partial charge in [-0.1, -0.05) is 11.8 Å². The second kappa shape index (κ2) is 6.95. The molecule has 1 aromatic rings. The average molecular weight is 274 g/mol. The zero-order valence-electron chi connectivity index (χ0n) is 12.8. The minimum absolute atomic E-state index is 0.408. The normalized spacial score (nSPS) is 10.4. The van der Waals surface area contributed by atoms with Gasteiger partial charge in [-0.05, 0) is 46.8 Å². The van der Waals surface area contributed by atoms with E-state index in [2.05, 4.69) is 22.1 Å². The van der Waals surface area contributed by atoms with Crippen molar-refractivity contribution < 1.29 is 9.53 Å². The Hall–Kier alpha value is -2.02. The molecule has 0 aliphatic rings. The van der Waals surface area contributed by atoms with E-state index in [1.165, 1.54) is 0 Å². The molecule has 0 aliphatic carbocycles. The van der Waals surface area contributed by atoms with E-state index < -0.39 is 11.7 Å². The van der Waals surface area contributed by atoms with Crippen LogP contribution in [0.3, 0.4) is 0 Å². The summed E-state index contributed by atoms with van der Waals surface area (Å²) in [6.45, 7) is 9.87. The minimum atomic E-state index is -0.470. The summed E-state index contributed by atoms with van der Waals surface area (Å²) >= 11 is 0. The molecule has 0 aliphatic heterocycles. The van der Waals surface area contributed by atoms with Crippen molar-refractivity contribution in [3.8, 4) is 11.8 Å². The molecule has 0 bridgehead atoms. The number of aryl methyl sites for hydroxylation is 2. The summed E-state index contributed by atoms with van der Waals surface area (Å²) in [4.78, 5) is 15.7. The maximum Gasteiger partial charge on any atom is 0.407 e. The number of pyridine rings is 1. The fraction of sp³-hybridized carbons (Fsp3) is 0.500. The van der Waals surface area contributed by atoms with Crippen LogP contribution in [0.4, 0.5) is 4.79 Å². The van der Waals surface area contributed by atoms with Gasteiger partial charge in [0.2, 0.25) is 0 Å². The molecule has 0 radical (unpaired) electrons. The van der Waals surface area contributed by atoms with Gasteiger partial charge in [-0.3, -0.25) is 4.98 Å². The van der Waals surface area contributed by atoms with Gasteiger partial charge in [0.1, 0.15) is 5.60 Å². The van der Waals surface area contributed by atoms with Crippen LogP contribution >= 0.6 is 0 Å². The van der Waals surface area contributed by atoms with E-state index in [0.29, 0.717) is 13.0 Å². The Balaban J connectivity index is 2.38. The quantitative estimate of drug-likeness (QED) is 0.666. The second-order valence-electron chi connectivity index (χ2n) is 5.62. The van der Waals surface area contributed by atoms with Crippen LogP contribution in [0.1, 0.15) is 44.1 Å². The number of carbonyl (C=O) groups is 1. The maximum atomic E-state index is 11.4. The highest BCUT2D eigenvalue weighted by atomic mass is 16.6. The smallest absolute Gasteiger partial charge is 0.407 e. The number of hydrogen-bond acceptors (Lipinski definition) is 3. The molecule has 4 nitrogen and oxygen atoms in total. The first-order chi connectivity index (χ1) is 9.26. The highest BCUT2D eigenvalue weighted by molar-refractivity contribution is 5.67. The molecule has 108 valence electrons. The van der Waals surface area contributed by atoms with Gasteiger partial charge in [0.05, 0.1) is 0 Å². The summed E-state index contributed by atoms with van der Waals surface area (Å²) in [5, 5.41) is 2.67. The summed E-state index contributed by atoms with van der Waals surface area (Å²) in [6.07, 6.45) is 0.175. The molecule has 0 fully saturated rings. The van der Waals surface area contributed by atoms with Gasteiger partial charge in [-0.2, -0.15) is 0 Å². The van der Waals surface area contributed by atoms with Gasteiger partial charge in [0, 0.05) is 29.9 Å². The van der Waals surface area contributed by atoms with Crippen LogP contribution in [-0.2, 0) is 4.74 Å². The van der Waals surface area contributed by atoms with E-state index in [1.807, 2.05) is 46.8 Å². The van der Waals surface area contributed by atoms with E-state index in [9.17, 15) is 4.79 Å². The van der Waals surface area contributed by atoms with Crippen LogP contribution < -0.4 is 5.32 Å². The van der Waals surface area contributed by atoms with Crippen LogP contribution in [0.5, 0.6) is 0 Å². The number of carbonyl (C=O) groups excluding carboxylic acids is 1. The van der Waals surface area contributed by atoms with E-state index in [1.54, 1.807) is 0 Å². The third-order valence-electron chi connectivity index (χ3n) is 2.23. The van der Waals surface area contributed by atoms with Gasteiger partial charge >= 0.3 is 6.09 Å². The highest BCUT2D eigenvalue weighted by Gasteiger charge is 2.15. The van der Waals surface area contributed by atoms with Crippen molar-refractivity contribution >= 4 is 6.09 Å². The molecule has 1 amide bonds. The number of nitrogens with one attached hydrogen (secondary N) is 1. The largest absolute Gasteiger partial charge is 0.444 e. The molecule has 4 heteroatoms. The number of nitrogens with zero attached hydrogens (tertiary/aromatic N) is 1. The summed E-state index contributed by atoms with van der Waals surface area (Å²) < 4.78 is 5.13. The number of rotatable bonds is 2. The predicted molar refractivity (Wildman–Crippen MR) is 79.4 cm³/mol. The third-order valence-corrected chi connectivity index (χ3v) is 2.23. The Morgan fingerprint density at radius 1 is 1.30 bits per heavy atom. The van der Waals surface area contributed by atoms with E-state index in [0.717, 1.165) is 17.0 Å². The predicted octanol–water partition coefficient (Wildman–Crippen LogP) is 2.96. The summed E-state index contributed by atoms with van der Waals surface area (Å²) in [5.74, 6) is 6.09. The van der Waals surface area contributed by atoms with Crippen molar-refractivity contribution in [1.82, 2.24) is 10.3 Å². The number of hydrogen-bond donors (Lipinski definition) is 1. The number of aromatic nitrogens is 1. The average Bonchev–Trinajstić information content (AvgIpc) is 2.24. The lowest BCUT2D eigenvalue weighted by Crippen LogP contribution is -2.32. The fourth-order valence-electron chi connectivity index (χ4n) is 1.61. The molecule has 0 unspecified atom stereocenters. The van der Waals surface area contributed by atoms with Crippen molar-refractivity contribution in [2.24, 2.45) is 0 Å². The van der Waals surface area contributed by atoms with Crippen molar-refractivity contribution in [1.29, 1.82) is 0 Å². The Labute approximate surface area is 120 Å². The number of ether oxygens (including phenoxy) is 1. The van der Waals surface area contributed by atoms with Crippen molar-refractivity contribution in [2.45, 2.75) is 46.6 Å². The summed E-state index contributed by atoms with van der Waals surface area (Å²) in [7, 11) is 0. The molecule has 1 heterocycles. The Kier molecular flexibility index (Phi) is 5.57. The highest BCUT2D eigenvalue weighted by Crippen LogP contribution is 2.06. The Morgan fingerprint density at radius 3 is 2.45 bits per heavy atom. The standard InChI is InChI=1S/C16H22N2O2/c1-12-10-14(11-13(2)18-12)8-6-7-9-17-15(19)20-16(3,4)5/h10-11H,7,9H2,1-5H3,(H,17,19). The van der Waals surface area contributed by atoms with Crippen LogP contribution in [-0.4, -0.2) is 23.2 Å².